The molecule has 0 fully saturated rings. The molecular weight excluding hydrogens is 500 g/mol. The molecule has 0 amide bonds. The quantitative estimate of drug-likeness (QED) is 0.319. The molecule has 188 valence electrons. The van der Waals surface area contributed by atoms with Gasteiger partial charge in [-0.3, -0.25) is 0 Å². The standard InChI is InChI=1S/C27H27ClN2O5S/c1-32-24-14-18-12-13-30(27(36)29-22-7-5-4-6-21(22)28)23(20(18)15-25(24)33-2)16-35-19-10-8-17(9-11-19)26(31)34-3/h4-11,14-15,23H,12-13,16H2,1-3H3,(H,29,36)/t23-/m0/s1. The number of anilines is 1. The van der Waals surface area contributed by atoms with Crippen LogP contribution in [0, 0.1) is 0 Å². The number of methoxy groups -OCH3 is 3. The van der Waals surface area contributed by atoms with E-state index in [-0.39, 0.29) is 6.04 Å². The van der Waals surface area contributed by atoms with Gasteiger partial charge in [-0.1, -0.05) is 23.7 Å². The van der Waals surface area contributed by atoms with Gasteiger partial charge < -0.3 is 29.2 Å². The molecule has 0 saturated heterocycles. The van der Waals surface area contributed by atoms with Crippen LogP contribution in [0.2, 0.25) is 5.02 Å². The summed E-state index contributed by atoms with van der Waals surface area (Å²) in [4.78, 5) is 13.8. The van der Waals surface area contributed by atoms with Gasteiger partial charge >= 0.3 is 5.97 Å². The minimum atomic E-state index is -0.397. The zero-order valence-electron chi connectivity index (χ0n) is 20.2. The maximum atomic E-state index is 11.7. The first-order valence-electron chi connectivity index (χ1n) is 11.3. The first kappa shape index (κ1) is 25.6. The van der Waals surface area contributed by atoms with Crippen LogP contribution in [-0.2, 0) is 11.2 Å². The van der Waals surface area contributed by atoms with Gasteiger partial charge in [0.05, 0.1) is 43.6 Å². The summed E-state index contributed by atoms with van der Waals surface area (Å²) in [6.45, 7) is 0.985. The van der Waals surface area contributed by atoms with Gasteiger partial charge in [0.1, 0.15) is 12.4 Å². The molecule has 3 aromatic carbocycles. The molecular formula is C27H27ClN2O5S. The molecule has 7 nitrogen and oxygen atoms in total. The fourth-order valence-electron chi connectivity index (χ4n) is 4.18. The number of nitrogens with one attached hydrogen (secondary N) is 1. The fraction of sp³-hybridized carbons (Fsp3) is 0.259. The number of ether oxygens (including phenoxy) is 4. The van der Waals surface area contributed by atoms with Crippen molar-refractivity contribution in [1.29, 1.82) is 0 Å². The molecule has 4 rings (SSSR count). The van der Waals surface area contributed by atoms with Crippen LogP contribution in [-0.4, -0.2) is 50.5 Å². The molecule has 3 aromatic rings. The largest absolute Gasteiger partial charge is 0.493 e. The third kappa shape index (κ3) is 5.50. The highest BCUT2D eigenvalue weighted by Gasteiger charge is 2.31. The smallest absolute Gasteiger partial charge is 0.337 e. The minimum Gasteiger partial charge on any atom is -0.493 e. The van der Waals surface area contributed by atoms with E-state index < -0.39 is 5.97 Å². The van der Waals surface area contributed by atoms with Crippen molar-refractivity contribution >= 4 is 40.6 Å². The Kier molecular flexibility index (Phi) is 8.18. The Bertz CT molecular complexity index is 1250. The summed E-state index contributed by atoms with van der Waals surface area (Å²) in [5.74, 6) is 1.54. The number of nitrogens with zero attached hydrogens (tertiary/aromatic N) is 1. The monoisotopic (exact) mass is 526 g/mol. The number of hydrogen-bond acceptors (Lipinski definition) is 6. The zero-order chi connectivity index (χ0) is 25.7. The summed E-state index contributed by atoms with van der Waals surface area (Å²) in [7, 11) is 4.59. The maximum Gasteiger partial charge on any atom is 0.337 e. The van der Waals surface area contributed by atoms with Crippen molar-refractivity contribution in [3.8, 4) is 17.2 Å². The van der Waals surface area contributed by atoms with Crippen molar-refractivity contribution in [2.24, 2.45) is 0 Å². The van der Waals surface area contributed by atoms with E-state index in [1.165, 1.54) is 7.11 Å². The molecule has 0 radical (unpaired) electrons. The number of carbonyl (C=O) groups is 1. The molecule has 0 saturated carbocycles. The topological polar surface area (TPSA) is 69.3 Å². The van der Waals surface area contributed by atoms with Crippen LogP contribution in [0.25, 0.3) is 0 Å². The second-order valence-corrected chi connectivity index (χ2v) is 8.90. The fourth-order valence-corrected chi connectivity index (χ4v) is 4.69. The van der Waals surface area contributed by atoms with E-state index in [1.54, 1.807) is 38.5 Å². The minimum absolute atomic E-state index is 0.212. The predicted octanol–water partition coefficient (Wildman–Crippen LogP) is 5.52. The van der Waals surface area contributed by atoms with Crippen molar-refractivity contribution < 1.29 is 23.7 Å². The van der Waals surface area contributed by atoms with Crippen LogP contribution in [0.5, 0.6) is 17.2 Å². The Morgan fingerprint density at radius 3 is 2.42 bits per heavy atom. The van der Waals surface area contributed by atoms with Gasteiger partial charge in [0, 0.05) is 6.54 Å². The van der Waals surface area contributed by atoms with E-state index in [0.717, 1.165) is 23.2 Å². The molecule has 1 heterocycles. The lowest BCUT2D eigenvalue weighted by molar-refractivity contribution is 0.0600. The van der Waals surface area contributed by atoms with Crippen LogP contribution >= 0.6 is 23.8 Å². The summed E-state index contributed by atoms with van der Waals surface area (Å²) in [5.41, 5.74) is 3.37. The lowest BCUT2D eigenvalue weighted by Gasteiger charge is -2.39. The highest BCUT2D eigenvalue weighted by atomic mass is 35.5. The van der Waals surface area contributed by atoms with Crippen LogP contribution < -0.4 is 19.5 Å². The molecule has 1 N–H and O–H groups in total. The zero-order valence-corrected chi connectivity index (χ0v) is 21.8. The second-order valence-electron chi connectivity index (χ2n) is 8.10. The SMILES string of the molecule is COC(=O)c1ccc(OC[C@H]2c3cc(OC)c(OC)cc3CCN2C(=S)Nc2ccccc2Cl)cc1. The van der Waals surface area contributed by atoms with Gasteiger partial charge in [-0.2, -0.15) is 0 Å². The molecule has 36 heavy (non-hydrogen) atoms. The number of carbonyl (C=O) groups excluding carboxylic acids is 1. The Hall–Kier alpha value is -3.49. The van der Waals surface area contributed by atoms with E-state index >= 15 is 0 Å². The van der Waals surface area contributed by atoms with Gasteiger partial charge in [0.25, 0.3) is 0 Å². The van der Waals surface area contributed by atoms with E-state index in [4.69, 9.17) is 42.8 Å². The maximum absolute atomic E-state index is 11.7. The lowest BCUT2D eigenvalue weighted by Crippen LogP contribution is -2.44. The summed E-state index contributed by atoms with van der Waals surface area (Å²) in [6.07, 6.45) is 0.768. The number of para-hydroxylation sites is 1. The average Bonchev–Trinajstić information content (AvgIpc) is 2.91. The molecule has 1 atom stereocenters. The highest BCUT2D eigenvalue weighted by Crippen LogP contribution is 2.39. The third-order valence-corrected chi connectivity index (χ3v) is 6.73. The molecule has 0 unspecified atom stereocenters. The third-order valence-electron chi connectivity index (χ3n) is 6.06. The predicted molar refractivity (Wildman–Crippen MR) is 144 cm³/mol. The summed E-state index contributed by atoms with van der Waals surface area (Å²) >= 11 is 12.2. The number of halogens is 1. The Balaban J connectivity index is 1.62. The molecule has 1 aliphatic heterocycles. The van der Waals surface area contributed by atoms with Crippen molar-refractivity contribution in [3.05, 3.63) is 82.4 Å². The number of thiocarbonyl (C=S) groups is 1. The van der Waals surface area contributed by atoms with E-state index in [2.05, 4.69) is 10.2 Å². The van der Waals surface area contributed by atoms with E-state index in [1.807, 2.05) is 36.4 Å². The van der Waals surface area contributed by atoms with Crippen molar-refractivity contribution in [3.63, 3.8) is 0 Å². The number of fused-ring (bicyclic) bond motifs is 1. The van der Waals surface area contributed by atoms with Crippen LogP contribution in [0.15, 0.2) is 60.7 Å². The number of rotatable bonds is 7. The summed E-state index contributed by atoms with van der Waals surface area (Å²) in [5, 5.41) is 4.40. The second kappa shape index (κ2) is 11.5. The Labute approximate surface area is 220 Å². The van der Waals surface area contributed by atoms with Crippen LogP contribution in [0.3, 0.4) is 0 Å². The van der Waals surface area contributed by atoms with Gasteiger partial charge in [0.2, 0.25) is 0 Å². The van der Waals surface area contributed by atoms with Crippen molar-refractivity contribution in [1.82, 2.24) is 4.90 Å². The molecule has 0 aromatic heterocycles. The molecule has 0 bridgehead atoms. The first-order valence-corrected chi connectivity index (χ1v) is 12.1. The molecule has 0 spiro atoms. The number of esters is 1. The lowest BCUT2D eigenvalue weighted by atomic mass is 9.92. The van der Waals surface area contributed by atoms with Crippen LogP contribution in [0.4, 0.5) is 5.69 Å². The van der Waals surface area contributed by atoms with Gasteiger partial charge in [-0.15, -0.1) is 0 Å². The van der Waals surface area contributed by atoms with Crippen molar-refractivity contribution in [2.45, 2.75) is 12.5 Å². The highest BCUT2D eigenvalue weighted by molar-refractivity contribution is 7.80. The van der Waals surface area contributed by atoms with Crippen molar-refractivity contribution in [2.75, 3.05) is 39.8 Å². The molecule has 9 heteroatoms. The summed E-state index contributed by atoms with van der Waals surface area (Å²) in [6, 6.07) is 18.1. The number of hydrogen-bond donors (Lipinski definition) is 1. The van der Waals surface area contributed by atoms with E-state index in [0.29, 0.717) is 46.1 Å². The van der Waals surface area contributed by atoms with Crippen LogP contribution in [0.1, 0.15) is 27.5 Å². The van der Waals surface area contributed by atoms with Gasteiger partial charge in [-0.25, -0.2) is 4.79 Å². The summed E-state index contributed by atoms with van der Waals surface area (Å²) < 4.78 is 22.0. The Morgan fingerprint density at radius 2 is 1.75 bits per heavy atom. The van der Waals surface area contributed by atoms with Gasteiger partial charge in [0.15, 0.2) is 16.6 Å². The number of benzene rings is 3. The normalized spacial score (nSPS) is 14.4. The Morgan fingerprint density at radius 1 is 1.06 bits per heavy atom. The molecule has 0 aliphatic carbocycles. The first-order chi connectivity index (χ1) is 17.4. The van der Waals surface area contributed by atoms with Gasteiger partial charge in [-0.05, 0) is 78.3 Å². The average molecular weight is 527 g/mol. The molecule has 1 aliphatic rings. The van der Waals surface area contributed by atoms with E-state index in [9.17, 15) is 4.79 Å².